The van der Waals surface area contributed by atoms with Crippen LogP contribution in [-0.2, 0) is 22.5 Å². The average molecular weight is 273 g/mol. The van der Waals surface area contributed by atoms with Gasteiger partial charge in [-0.25, -0.2) is 0 Å². The zero-order valence-corrected chi connectivity index (χ0v) is 11.8. The first kappa shape index (κ1) is 14.3. The Balaban J connectivity index is 2.00. The lowest BCUT2D eigenvalue weighted by Crippen LogP contribution is -2.19. The van der Waals surface area contributed by atoms with Crippen molar-refractivity contribution in [3.8, 4) is 0 Å². The molecule has 0 aliphatic heterocycles. The molecule has 1 aromatic carbocycles. The van der Waals surface area contributed by atoms with Gasteiger partial charge in [-0.05, 0) is 30.2 Å². The van der Waals surface area contributed by atoms with Gasteiger partial charge >= 0.3 is 5.97 Å². The summed E-state index contributed by atoms with van der Waals surface area (Å²) in [4.78, 5) is 11.4. The van der Waals surface area contributed by atoms with E-state index in [0.717, 1.165) is 16.9 Å². The van der Waals surface area contributed by atoms with Crippen molar-refractivity contribution in [3.05, 3.63) is 59.5 Å². The van der Waals surface area contributed by atoms with Gasteiger partial charge in [-0.15, -0.1) is 0 Å². The Morgan fingerprint density at radius 1 is 1.25 bits per heavy atom. The van der Waals surface area contributed by atoms with Gasteiger partial charge in [-0.3, -0.25) is 4.79 Å². The molecule has 1 atom stereocenters. The molecule has 0 bridgehead atoms. The highest BCUT2D eigenvalue weighted by atomic mass is 16.5. The molecule has 0 aliphatic rings. The zero-order chi connectivity index (χ0) is 14.4. The first-order valence-corrected chi connectivity index (χ1v) is 6.61. The van der Waals surface area contributed by atoms with E-state index in [0.29, 0.717) is 13.0 Å². The first-order valence-electron chi connectivity index (χ1n) is 6.61. The summed E-state index contributed by atoms with van der Waals surface area (Å²) in [6.45, 7) is 2.72. The lowest BCUT2D eigenvalue weighted by molar-refractivity contribution is -0.139. The number of benzene rings is 1. The van der Waals surface area contributed by atoms with Crippen LogP contribution in [0.3, 0.4) is 0 Å². The summed E-state index contributed by atoms with van der Waals surface area (Å²) in [6.07, 6.45) is 1.96. The Hall–Kier alpha value is -2.07. The van der Waals surface area contributed by atoms with Crippen molar-refractivity contribution >= 4 is 5.97 Å². The number of ether oxygens (including phenoxy) is 1. The summed E-state index contributed by atoms with van der Waals surface area (Å²) in [7, 11) is 1.40. The minimum atomic E-state index is -0.225. The van der Waals surface area contributed by atoms with E-state index in [4.69, 9.17) is 9.15 Å². The minimum Gasteiger partial charge on any atom is -0.469 e. The minimum absolute atomic E-state index is 0.121. The third kappa shape index (κ3) is 3.71. The zero-order valence-electron chi connectivity index (χ0n) is 11.8. The van der Waals surface area contributed by atoms with Crippen molar-refractivity contribution in [2.45, 2.75) is 25.9 Å². The van der Waals surface area contributed by atoms with Crippen LogP contribution < -0.4 is 5.32 Å². The fraction of sp³-hybridized carbons (Fsp3) is 0.312. The highest BCUT2D eigenvalue weighted by molar-refractivity contribution is 5.72. The monoisotopic (exact) mass is 273 g/mol. The van der Waals surface area contributed by atoms with Crippen LogP contribution in [0, 0.1) is 0 Å². The van der Waals surface area contributed by atoms with E-state index < -0.39 is 0 Å². The van der Waals surface area contributed by atoms with Gasteiger partial charge in [-0.1, -0.05) is 24.3 Å². The molecule has 1 heterocycles. The molecule has 20 heavy (non-hydrogen) atoms. The molecule has 2 aromatic rings. The number of esters is 1. The van der Waals surface area contributed by atoms with Gasteiger partial charge in [0, 0.05) is 6.54 Å². The van der Waals surface area contributed by atoms with Crippen molar-refractivity contribution in [2.24, 2.45) is 0 Å². The first-order chi connectivity index (χ1) is 9.70. The second-order valence-electron chi connectivity index (χ2n) is 4.64. The predicted molar refractivity (Wildman–Crippen MR) is 76.1 cm³/mol. The Kier molecular flexibility index (Phi) is 4.96. The molecule has 0 aliphatic carbocycles. The molecular formula is C16H19NO3. The van der Waals surface area contributed by atoms with Crippen LogP contribution in [-0.4, -0.2) is 13.1 Å². The third-order valence-electron chi connectivity index (χ3n) is 3.25. The molecule has 106 valence electrons. The lowest BCUT2D eigenvalue weighted by Gasteiger charge is -2.13. The molecule has 4 heteroatoms. The van der Waals surface area contributed by atoms with E-state index in [1.807, 2.05) is 43.3 Å². The van der Waals surface area contributed by atoms with Crippen molar-refractivity contribution < 1.29 is 13.9 Å². The van der Waals surface area contributed by atoms with Gasteiger partial charge in [0.15, 0.2) is 0 Å². The van der Waals surface area contributed by atoms with Crippen molar-refractivity contribution in [1.82, 2.24) is 5.32 Å². The summed E-state index contributed by atoms with van der Waals surface area (Å²) in [5.41, 5.74) is 2.08. The van der Waals surface area contributed by atoms with Crippen LogP contribution in [0.1, 0.15) is 29.9 Å². The largest absolute Gasteiger partial charge is 0.469 e. The molecule has 0 saturated carbocycles. The van der Waals surface area contributed by atoms with E-state index in [1.54, 1.807) is 6.26 Å². The number of carbonyl (C=O) groups excluding carboxylic acids is 1. The Morgan fingerprint density at radius 3 is 2.65 bits per heavy atom. The van der Waals surface area contributed by atoms with Crippen molar-refractivity contribution in [1.29, 1.82) is 0 Å². The molecule has 4 nitrogen and oxygen atoms in total. The lowest BCUT2D eigenvalue weighted by atomic mass is 10.0. The van der Waals surface area contributed by atoms with Gasteiger partial charge in [0.25, 0.3) is 0 Å². The Bertz CT molecular complexity index is 549. The van der Waals surface area contributed by atoms with Gasteiger partial charge in [0.1, 0.15) is 5.76 Å². The predicted octanol–water partition coefficient (Wildman–Crippen LogP) is 2.85. The van der Waals surface area contributed by atoms with Crippen LogP contribution in [0.5, 0.6) is 0 Å². The van der Waals surface area contributed by atoms with Crippen LogP contribution >= 0.6 is 0 Å². The number of carbonyl (C=O) groups is 1. The summed E-state index contributed by atoms with van der Waals surface area (Å²) >= 11 is 0. The standard InChI is InChI=1S/C16H19NO3/c1-12(15-8-5-9-20-15)17-11-14-7-4-3-6-13(14)10-16(18)19-2/h3-9,12,17H,10-11H2,1-2H3/t12-/m0/s1. The average Bonchev–Trinajstić information content (AvgIpc) is 3.00. The number of hydrogen-bond donors (Lipinski definition) is 1. The summed E-state index contributed by atoms with van der Waals surface area (Å²) < 4.78 is 10.1. The molecule has 2 rings (SSSR count). The van der Waals surface area contributed by atoms with Gasteiger partial charge in [0.2, 0.25) is 0 Å². The van der Waals surface area contributed by atoms with E-state index in [1.165, 1.54) is 7.11 Å². The summed E-state index contributed by atoms with van der Waals surface area (Å²) in [5.74, 6) is 0.673. The smallest absolute Gasteiger partial charge is 0.309 e. The van der Waals surface area contributed by atoms with Crippen molar-refractivity contribution in [3.63, 3.8) is 0 Å². The fourth-order valence-electron chi connectivity index (χ4n) is 2.03. The molecule has 0 amide bonds. The van der Waals surface area contributed by atoms with E-state index in [-0.39, 0.29) is 12.0 Å². The number of methoxy groups -OCH3 is 1. The number of nitrogens with one attached hydrogen (secondary N) is 1. The summed E-state index contributed by atoms with van der Waals surface area (Å²) in [6, 6.07) is 11.8. The Morgan fingerprint density at radius 2 is 2.00 bits per heavy atom. The van der Waals surface area contributed by atoms with Crippen LogP contribution in [0.4, 0.5) is 0 Å². The van der Waals surface area contributed by atoms with E-state index in [2.05, 4.69) is 5.32 Å². The maximum Gasteiger partial charge on any atom is 0.309 e. The van der Waals surface area contributed by atoms with Crippen LogP contribution in [0.2, 0.25) is 0 Å². The molecule has 1 aromatic heterocycles. The third-order valence-corrected chi connectivity index (χ3v) is 3.25. The molecule has 0 saturated heterocycles. The van der Waals surface area contributed by atoms with Crippen LogP contribution in [0.25, 0.3) is 0 Å². The number of furan rings is 1. The van der Waals surface area contributed by atoms with E-state index >= 15 is 0 Å². The quantitative estimate of drug-likeness (QED) is 0.822. The molecular weight excluding hydrogens is 254 g/mol. The second-order valence-corrected chi connectivity index (χ2v) is 4.64. The van der Waals surface area contributed by atoms with Gasteiger partial charge in [0.05, 0.1) is 25.8 Å². The Labute approximate surface area is 118 Å². The fourth-order valence-corrected chi connectivity index (χ4v) is 2.03. The van der Waals surface area contributed by atoms with Gasteiger partial charge < -0.3 is 14.5 Å². The number of hydrogen-bond acceptors (Lipinski definition) is 4. The van der Waals surface area contributed by atoms with Crippen LogP contribution in [0.15, 0.2) is 47.1 Å². The normalized spacial score (nSPS) is 12.1. The number of rotatable bonds is 6. The topological polar surface area (TPSA) is 51.5 Å². The molecule has 1 N–H and O–H groups in total. The van der Waals surface area contributed by atoms with Gasteiger partial charge in [-0.2, -0.15) is 0 Å². The molecule has 0 spiro atoms. The molecule has 0 radical (unpaired) electrons. The molecule has 0 unspecified atom stereocenters. The maximum absolute atomic E-state index is 11.4. The highest BCUT2D eigenvalue weighted by Crippen LogP contribution is 2.15. The van der Waals surface area contributed by atoms with E-state index in [9.17, 15) is 4.79 Å². The summed E-state index contributed by atoms with van der Waals surface area (Å²) in [5, 5.41) is 3.39. The highest BCUT2D eigenvalue weighted by Gasteiger charge is 2.10. The van der Waals surface area contributed by atoms with Crippen molar-refractivity contribution in [2.75, 3.05) is 7.11 Å². The maximum atomic E-state index is 11.4. The molecule has 0 fully saturated rings. The SMILES string of the molecule is COC(=O)Cc1ccccc1CN[C@@H](C)c1ccco1. The second kappa shape index (κ2) is 6.91.